The summed E-state index contributed by atoms with van der Waals surface area (Å²) >= 11 is 1.49. The van der Waals surface area contributed by atoms with Gasteiger partial charge in [0, 0.05) is 41.0 Å². The van der Waals surface area contributed by atoms with Gasteiger partial charge < -0.3 is 9.80 Å². The molecule has 0 N–H and O–H groups in total. The SMILES string of the molecule is CN1CCCN(C(=O)/C=C/c2ccc(-c3ccccc3F)s2)CC1. The molecule has 1 fully saturated rings. The van der Waals surface area contributed by atoms with Crippen molar-refractivity contribution in [1.29, 1.82) is 0 Å². The molecule has 1 aromatic carbocycles. The number of hydrogen-bond acceptors (Lipinski definition) is 3. The molecule has 0 bridgehead atoms. The summed E-state index contributed by atoms with van der Waals surface area (Å²) in [5.74, 6) is -0.175. The second kappa shape index (κ2) is 7.73. The third-order valence-corrected chi connectivity index (χ3v) is 5.27. The molecule has 1 aromatic heterocycles. The van der Waals surface area contributed by atoms with Crippen molar-refractivity contribution in [3.63, 3.8) is 0 Å². The van der Waals surface area contributed by atoms with E-state index in [1.165, 1.54) is 17.4 Å². The van der Waals surface area contributed by atoms with Gasteiger partial charge in [-0.25, -0.2) is 4.39 Å². The molecule has 1 amide bonds. The van der Waals surface area contributed by atoms with Gasteiger partial charge in [0.2, 0.25) is 5.91 Å². The zero-order chi connectivity index (χ0) is 16.9. The third kappa shape index (κ3) is 4.10. The van der Waals surface area contributed by atoms with Gasteiger partial charge in [0.1, 0.15) is 5.82 Å². The van der Waals surface area contributed by atoms with Gasteiger partial charge in [-0.3, -0.25) is 4.79 Å². The third-order valence-electron chi connectivity index (χ3n) is 4.19. The van der Waals surface area contributed by atoms with Crippen LogP contribution in [0.5, 0.6) is 0 Å². The number of carbonyl (C=O) groups excluding carboxylic acids is 1. The van der Waals surface area contributed by atoms with Crippen LogP contribution < -0.4 is 0 Å². The van der Waals surface area contributed by atoms with Gasteiger partial charge in [-0.1, -0.05) is 18.2 Å². The zero-order valence-corrected chi connectivity index (χ0v) is 14.6. The first-order chi connectivity index (χ1) is 11.6. The Morgan fingerprint density at radius 3 is 2.79 bits per heavy atom. The maximum absolute atomic E-state index is 13.8. The molecule has 0 spiro atoms. The normalized spacial score (nSPS) is 16.5. The van der Waals surface area contributed by atoms with E-state index in [1.807, 2.05) is 29.2 Å². The van der Waals surface area contributed by atoms with Gasteiger partial charge in [-0.15, -0.1) is 11.3 Å². The highest BCUT2D eigenvalue weighted by atomic mass is 32.1. The standard InChI is InChI=1S/C19H21FN2OS/c1-21-11-4-12-22(14-13-21)19(23)10-8-15-7-9-18(24-15)16-5-2-3-6-17(16)20/h2-3,5-10H,4,11-14H2,1H3/b10-8+. The topological polar surface area (TPSA) is 23.6 Å². The first-order valence-corrected chi connectivity index (χ1v) is 8.95. The van der Waals surface area contributed by atoms with Gasteiger partial charge in [-0.2, -0.15) is 0 Å². The Kier molecular flexibility index (Phi) is 5.43. The monoisotopic (exact) mass is 344 g/mol. The molecule has 1 aliphatic rings. The van der Waals surface area contributed by atoms with Gasteiger partial charge in [0.25, 0.3) is 0 Å². The lowest BCUT2D eigenvalue weighted by Crippen LogP contribution is -2.33. The lowest BCUT2D eigenvalue weighted by Gasteiger charge is -2.18. The van der Waals surface area contributed by atoms with E-state index < -0.39 is 0 Å². The second-order valence-electron chi connectivity index (χ2n) is 6.00. The average Bonchev–Trinajstić information content (AvgIpc) is 2.94. The largest absolute Gasteiger partial charge is 0.338 e. The van der Waals surface area contributed by atoms with Crippen molar-refractivity contribution < 1.29 is 9.18 Å². The lowest BCUT2D eigenvalue weighted by molar-refractivity contribution is -0.125. The van der Waals surface area contributed by atoms with Crippen LogP contribution in [0.1, 0.15) is 11.3 Å². The van der Waals surface area contributed by atoms with Crippen LogP contribution in [0.25, 0.3) is 16.5 Å². The molecule has 1 saturated heterocycles. The molecule has 5 heteroatoms. The molecule has 0 radical (unpaired) electrons. The number of thiophene rings is 1. The van der Waals surface area contributed by atoms with E-state index in [0.29, 0.717) is 5.56 Å². The summed E-state index contributed by atoms with van der Waals surface area (Å²) in [5, 5.41) is 0. The number of rotatable bonds is 3. The summed E-state index contributed by atoms with van der Waals surface area (Å²) in [7, 11) is 2.08. The summed E-state index contributed by atoms with van der Waals surface area (Å²) < 4.78 is 13.8. The number of hydrogen-bond donors (Lipinski definition) is 0. The van der Waals surface area contributed by atoms with Crippen molar-refractivity contribution in [1.82, 2.24) is 9.80 Å². The van der Waals surface area contributed by atoms with Crippen LogP contribution in [-0.4, -0.2) is 48.9 Å². The Labute approximate surface area is 146 Å². The van der Waals surface area contributed by atoms with E-state index in [4.69, 9.17) is 0 Å². The van der Waals surface area contributed by atoms with Crippen molar-refractivity contribution in [2.24, 2.45) is 0 Å². The second-order valence-corrected chi connectivity index (χ2v) is 7.11. The maximum Gasteiger partial charge on any atom is 0.246 e. The predicted molar refractivity (Wildman–Crippen MR) is 97.4 cm³/mol. The lowest BCUT2D eigenvalue weighted by atomic mass is 10.2. The molecule has 126 valence electrons. The molecule has 3 nitrogen and oxygen atoms in total. The van der Waals surface area contributed by atoms with Crippen molar-refractivity contribution in [3.05, 3.63) is 53.2 Å². The molecule has 0 aliphatic carbocycles. The molecule has 2 heterocycles. The molecule has 1 aliphatic heterocycles. The molecular formula is C19H21FN2OS. The number of nitrogens with zero attached hydrogens (tertiary/aromatic N) is 2. The quantitative estimate of drug-likeness (QED) is 0.792. The average molecular weight is 344 g/mol. The first-order valence-electron chi connectivity index (χ1n) is 8.14. The summed E-state index contributed by atoms with van der Waals surface area (Å²) in [5.41, 5.74) is 0.601. The minimum absolute atomic E-state index is 0.0474. The van der Waals surface area contributed by atoms with Crippen LogP contribution in [-0.2, 0) is 4.79 Å². The highest BCUT2D eigenvalue weighted by molar-refractivity contribution is 7.16. The Bertz CT molecular complexity index is 740. The molecule has 0 unspecified atom stereocenters. The molecule has 0 atom stereocenters. The van der Waals surface area contributed by atoms with Gasteiger partial charge in [-0.05, 0) is 44.3 Å². The van der Waals surface area contributed by atoms with E-state index in [0.717, 1.165) is 42.4 Å². The number of amides is 1. The predicted octanol–water partition coefficient (Wildman–Crippen LogP) is 3.73. The molecule has 3 rings (SSSR count). The Hall–Kier alpha value is -1.98. The Morgan fingerprint density at radius 2 is 1.96 bits per heavy atom. The van der Waals surface area contributed by atoms with E-state index in [1.54, 1.807) is 18.2 Å². The molecule has 2 aromatic rings. The highest BCUT2D eigenvalue weighted by Gasteiger charge is 2.15. The van der Waals surface area contributed by atoms with E-state index in [2.05, 4.69) is 11.9 Å². The smallest absolute Gasteiger partial charge is 0.246 e. The van der Waals surface area contributed by atoms with Crippen LogP contribution in [0.4, 0.5) is 4.39 Å². The Balaban J connectivity index is 1.67. The van der Waals surface area contributed by atoms with Crippen LogP contribution >= 0.6 is 11.3 Å². The number of halogens is 1. The fraction of sp³-hybridized carbons (Fsp3) is 0.316. The van der Waals surface area contributed by atoms with Crippen LogP contribution in [0.2, 0.25) is 0 Å². The van der Waals surface area contributed by atoms with E-state index in [-0.39, 0.29) is 11.7 Å². The first kappa shape index (κ1) is 16.9. The molecule has 24 heavy (non-hydrogen) atoms. The van der Waals surface area contributed by atoms with Crippen molar-refractivity contribution in [2.45, 2.75) is 6.42 Å². The van der Waals surface area contributed by atoms with Gasteiger partial charge in [0.05, 0.1) is 0 Å². The Morgan fingerprint density at radius 1 is 1.12 bits per heavy atom. The van der Waals surface area contributed by atoms with Crippen LogP contribution in [0.3, 0.4) is 0 Å². The summed E-state index contributed by atoms with van der Waals surface area (Å²) in [6.45, 7) is 3.52. The molecular weight excluding hydrogens is 323 g/mol. The van der Waals surface area contributed by atoms with Crippen LogP contribution in [0, 0.1) is 5.82 Å². The fourth-order valence-corrected chi connectivity index (χ4v) is 3.71. The summed E-state index contributed by atoms with van der Waals surface area (Å²) in [4.78, 5) is 18.3. The summed E-state index contributed by atoms with van der Waals surface area (Å²) in [6.07, 6.45) is 4.46. The highest BCUT2D eigenvalue weighted by Crippen LogP contribution is 2.30. The van der Waals surface area contributed by atoms with Gasteiger partial charge in [0.15, 0.2) is 0 Å². The van der Waals surface area contributed by atoms with E-state index >= 15 is 0 Å². The van der Waals surface area contributed by atoms with Crippen molar-refractivity contribution in [2.75, 3.05) is 33.2 Å². The zero-order valence-electron chi connectivity index (χ0n) is 13.7. The minimum atomic E-state index is -0.223. The number of carbonyl (C=O) groups is 1. The van der Waals surface area contributed by atoms with Gasteiger partial charge >= 0.3 is 0 Å². The van der Waals surface area contributed by atoms with Crippen molar-refractivity contribution >= 4 is 23.3 Å². The van der Waals surface area contributed by atoms with Crippen molar-refractivity contribution in [3.8, 4) is 10.4 Å². The minimum Gasteiger partial charge on any atom is -0.338 e. The van der Waals surface area contributed by atoms with Crippen LogP contribution in [0.15, 0.2) is 42.5 Å². The fourth-order valence-electron chi connectivity index (χ4n) is 2.77. The van der Waals surface area contributed by atoms with E-state index in [9.17, 15) is 9.18 Å². The summed E-state index contributed by atoms with van der Waals surface area (Å²) in [6, 6.07) is 10.6. The maximum atomic E-state index is 13.8. The number of likely N-dealkylation sites (N-methyl/N-ethyl adjacent to an activating group) is 1. The number of benzene rings is 1. The molecule has 0 saturated carbocycles.